The zero-order valence-corrected chi connectivity index (χ0v) is 41.2. The minimum atomic E-state index is -4.10. The van der Waals surface area contributed by atoms with Crippen LogP contribution < -0.4 is 9.47 Å². The molecule has 10 rings (SSSR count). The van der Waals surface area contributed by atoms with Crippen molar-refractivity contribution in [3.63, 3.8) is 0 Å². The number of carbonyl (C=O) groups is 2. The van der Waals surface area contributed by atoms with E-state index in [0.717, 1.165) is 49.9 Å². The normalized spacial score (nSPS) is 17.3. The highest BCUT2D eigenvalue weighted by molar-refractivity contribution is 7.94. The van der Waals surface area contributed by atoms with E-state index in [-0.39, 0.29) is 71.9 Å². The van der Waals surface area contributed by atoms with Crippen molar-refractivity contribution in [3.8, 4) is 11.5 Å². The van der Waals surface area contributed by atoms with Crippen LogP contribution in [-0.4, -0.2) is 71.1 Å². The second-order valence-electron chi connectivity index (χ2n) is 18.9. The van der Waals surface area contributed by atoms with Gasteiger partial charge in [0.05, 0.1) is 46.4 Å². The highest BCUT2D eigenvalue weighted by Gasteiger charge is 2.65. The van der Waals surface area contributed by atoms with Crippen molar-refractivity contribution in [2.24, 2.45) is 11.8 Å². The topological polar surface area (TPSA) is 153 Å². The maximum Gasteiger partial charge on any atom is 0.387 e. The molecule has 2 amide bonds. The van der Waals surface area contributed by atoms with Gasteiger partial charge in [-0.1, -0.05) is 36.4 Å². The van der Waals surface area contributed by atoms with Crippen molar-refractivity contribution in [3.05, 3.63) is 180 Å². The molecule has 2 heterocycles. The van der Waals surface area contributed by atoms with Crippen LogP contribution in [0.3, 0.4) is 0 Å². The fourth-order valence-electron chi connectivity index (χ4n) is 9.48. The molecule has 4 fully saturated rings. The maximum absolute atomic E-state index is 14.2. The molecule has 0 unspecified atom stereocenters. The number of rotatable bonds is 20. The molecular weight excluding hydrogens is 1010 g/mol. The van der Waals surface area contributed by atoms with Gasteiger partial charge in [0.1, 0.15) is 23.1 Å². The average Bonchev–Trinajstić information content (AvgIpc) is 4.17. The average molecular weight is 1060 g/mol. The molecule has 4 aliphatic carbocycles. The molecule has 0 saturated heterocycles. The molecule has 0 aliphatic heterocycles. The Morgan fingerprint density at radius 2 is 0.851 bits per heavy atom. The molecule has 0 bridgehead atoms. The number of halogens is 6. The summed E-state index contributed by atoms with van der Waals surface area (Å²) in [6.45, 7) is -5.76. The van der Waals surface area contributed by atoms with E-state index in [1.807, 2.05) is 0 Å². The van der Waals surface area contributed by atoms with E-state index < -0.39 is 77.9 Å². The van der Waals surface area contributed by atoms with E-state index >= 15 is 0 Å². The summed E-state index contributed by atoms with van der Waals surface area (Å²) < 4.78 is 138. The Kier molecular flexibility index (Phi) is 14.9. The predicted molar refractivity (Wildman–Crippen MR) is 258 cm³/mol. The third-order valence-corrected chi connectivity index (χ3v) is 18.8. The molecule has 74 heavy (non-hydrogen) atoms. The number of benzene rings is 4. The highest BCUT2D eigenvalue weighted by Crippen LogP contribution is 2.54. The van der Waals surface area contributed by atoms with Crippen molar-refractivity contribution >= 4 is 31.5 Å². The van der Waals surface area contributed by atoms with Crippen LogP contribution in [0.1, 0.15) is 86.0 Å². The van der Waals surface area contributed by atoms with Crippen molar-refractivity contribution in [1.29, 1.82) is 0 Å². The molecule has 4 saturated carbocycles. The molecule has 2 atom stereocenters. The summed E-state index contributed by atoms with van der Waals surface area (Å²) in [4.78, 5) is 40.0. The van der Waals surface area contributed by atoms with Gasteiger partial charge in [-0.2, -0.15) is 17.6 Å². The fraction of sp³-hybridized carbons (Fsp3) is 0.333. The van der Waals surface area contributed by atoms with E-state index in [0.29, 0.717) is 22.5 Å². The number of nitrogens with zero attached hydrogens (tertiary/aromatic N) is 4. The Balaban J connectivity index is 0.000000182. The van der Waals surface area contributed by atoms with Gasteiger partial charge in [-0.25, -0.2) is 25.6 Å². The van der Waals surface area contributed by atoms with E-state index in [1.165, 1.54) is 48.5 Å². The lowest BCUT2D eigenvalue weighted by Gasteiger charge is -2.35. The SMILES string of the molecule is O=C(N(Cc1ccccn1)[C@@H](c1ccc(OC(F)F)cc1)C1CC1)C1(S(=O)(=O)c2ccc(F)cc2)CC1.O=C(N(Cc1ccccn1)[C@H](c1ccc(OC(F)F)cc1)C1CC1)C1(S(=O)(=O)c2ccc(F)cc2)CC1. The van der Waals surface area contributed by atoms with E-state index in [9.17, 15) is 52.8 Å². The first-order valence-electron chi connectivity index (χ1n) is 23.9. The summed E-state index contributed by atoms with van der Waals surface area (Å²) in [5, 5.41) is 0. The first-order chi connectivity index (χ1) is 35.4. The Morgan fingerprint density at radius 3 is 1.12 bits per heavy atom. The Hall–Kier alpha value is -6.80. The van der Waals surface area contributed by atoms with Crippen molar-refractivity contribution in [2.45, 2.75) is 109 Å². The lowest BCUT2D eigenvalue weighted by atomic mass is 9.99. The Bertz CT molecular complexity index is 2930. The minimum absolute atomic E-state index is 0.00606. The number of hydrogen-bond donors (Lipinski definition) is 0. The molecule has 0 N–H and O–H groups in total. The third kappa shape index (κ3) is 11.2. The van der Waals surface area contributed by atoms with Gasteiger partial charge in [0.15, 0.2) is 29.2 Å². The van der Waals surface area contributed by atoms with Crippen LogP contribution in [-0.2, 0) is 42.4 Å². The largest absolute Gasteiger partial charge is 0.435 e. The Labute approximate surface area is 424 Å². The first-order valence-corrected chi connectivity index (χ1v) is 26.9. The van der Waals surface area contributed by atoms with Crippen LogP contribution in [0.4, 0.5) is 26.3 Å². The standard InChI is InChI=1S/2C27H25F3N2O4S/c2*28-20-8-12-23(13-9-20)37(34,35)27(14-15-27)25(33)32(17-21-3-1-2-16-31-21)24(18-4-5-18)19-6-10-22(11-7-19)36-26(29)30/h2*1-3,6-13,16,18,24,26H,4-5,14-15,17H2/t2*24-/m10/s1. The van der Waals surface area contributed by atoms with Gasteiger partial charge < -0.3 is 19.3 Å². The van der Waals surface area contributed by atoms with Gasteiger partial charge in [0.25, 0.3) is 0 Å². The molecule has 4 aliphatic rings. The highest BCUT2D eigenvalue weighted by atomic mass is 32.2. The molecule has 2 aromatic heterocycles. The lowest BCUT2D eigenvalue weighted by Crippen LogP contribution is -2.46. The van der Waals surface area contributed by atoms with Crippen molar-refractivity contribution in [1.82, 2.24) is 19.8 Å². The molecule has 12 nitrogen and oxygen atoms in total. The maximum atomic E-state index is 14.2. The smallest absolute Gasteiger partial charge is 0.387 e. The number of hydrogen-bond acceptors (Lipinski definition) is 10. The summed E-state index contributed by atoms with van der Waals surface area (Å²) in [6, 6.07) is 30.8. The number of pyridine rings is 2. The number of ether oxygens (including phenoxy) is 2. The number of aromatic nitrogens is 2. The zero-order chi connectivity index (χ0) is 52.4. The Morgan fingerprint density at radius 1 is 0.514 bits per heavy atom. The van der Waals surface area contributed by atoms with Crippen molar-refractivity contribution in [2.75, 3.05) is 0 Å². The van der Waals surface area contributed by atoms with Crippen molar-refractivity contribution < 1.29 is 62.2 Å². The van der Waals surface area contributed by atoms with E-state index in [1.54, 1.807) is 82.9 Å². The van der Waals surface area contributed by atoms with Crippen LogP contribution in [0.2, 0.25) is 0 Å². The zero-order valence-electron chi connectivity index (χ0n) is 39.5. The predicted octanol–water partition coefficient (Wildman–Crippen LogP) is 10.6. The number of alkyl halides is 4. The van der Waals surface area contributed by atoms with Gasteiger partial charge in [-0.3, -0.25) is 19.6 Å². The van der Waals surface area contributed by atoms with Gasteiger partial charge in [-0.05, 0) is 171 Å². The molecule has 388 valence electrons. The third-order valence-electron chi connectivity index (χ3n) is 13.8. The summed E-state index contributed by atoms with van der Waals surface area (Å²) >= 11 is 0. The van der Waals surface area contributed by atoms with Crippen LogP contribution in [0.5, 0.6) is 11.5 Å². The van der Waals surface area contributed by atoms with Gasteiger partial charge in [0.2, 0.25) is 11.8 Å². The summed E-state index contributed by atoms with van der Waals surface area (Å²) in [5.74, 6) is -2.06. The lowest BCUT2D eigenvalue weighted by molar-refractivity contribution is -0.136. The van der Waals surface area contributed by atoms with Crippen LogP contribution >= 0.6 is 0 Å². The minimum Gasteiger partial charge on any atom is -0.435 e. The second-order valence-corrected chi connectivity index (χ2v) is 23.4. The summed E-state index contributed by atoms with van der Waals surface area (Å²) in [6.07, 6.45) is 7.17. The quantitative estimate of drug-likeness (QED) is 0.0533. The molecule has 0 spiro atoms. The monoisotopic (exact) mass is 1060 g/mol. The number of carbonyl (C=O) groups excluding carboxylic acids is 2. The summed E-state index contributed by atoms with van der Waals surface area (Å²) in [5.41, 5.74) is 2.58. The first kappa shape index (κ1) is 52.1. The van der Waals surface area contributed by atoms with Gasteiger partial charge in [0, 0.05) is 12.4 Å². The van der Waals surface area contributed by atoms with E-state index in [4.69, 9.17) is 0 Å². The molecular formula is C54H50F6N4O8S2. The molecule has 4 aromatic carbocycles. The molecule has 20 heteroatoms. The van der Waals surface area contributed by atoms with Crippen LogP contribution in [0.15, 0.2) is 156 Å². The molecule has 6 aromatic rings. The van der Waals surface area contributed by atoms with Gasteiger partial charge in [-0.15, -0.1) is 0 Å². The molecule has 0 radical (unpaired) electrons. The van der Waals surface area contributed by atoms with Crippen LogP contribution in [0, 0.1) is 23.5 Å². The number of amides is 2. The van der Waals surface area contributed by atoms with Crippen LogP contribution in [0.25, 0.3) is 0 Å². The second kappa shape index (κ2) is 21.2. The van der Waals surface area contributed by atoms with Gasteiger partial charge >= 0.3 is 13.2 Å². The fourth-order valence-corrected chi connectivity index (χ4v) is 13.3. The van der Waals surface area contributed by atoms with E-state index in [2.05, 4.69) is 19.4 Å². The number of sulfone groups is 2. The summed E-state index contributed by atoms with van der Waals surface area (Å²) in [7, 11) is -8.21.